The van der Waals surface area contributed by atoms with E-state index in [1.165, 1.54) is 12.1 Å². The van der Waals surface area contributed by atoms with E-state index >= 15 is 0 Å². The molecule has 0 saturated heterocycles. The van der Waals surface area contributed by atoms with E-state index in [2.05, 4.69) is 5.32 Å². The van der Waals surface area contributed by atoms with Crippen LogP contribution >= 0.6 is 11.6 Å². The van der Waals surface area contributed by atoms with Crippen LogP contribution < -0.4 is 10.1 Å². The number of rotatable bonds is 7. The molecule has 7 nitrogen and oxygen atoms in total. The Morgan fingerprint density at radius 2 is 1.78 bits per heavy atom. The Morgan fingerprint density at radius 3 is 2.37 bits per heavy atom. The van der Waals surface area contributed by atoms with E-state index in [0.29, 0.717) is 18.0 Å². The maximum absolute atomic E-state index is 12.1. The minimum absolute atomic E-state index is 0.0271. The molecular weight excluding hydrogens is 394 g/mol. The van der Waals surface area contributed by atoms with Crippen LogP contribution in [0.5, 0.6) is 5.75 Å². The van der Waals surface area contributed by atoms with Crippen molar-refractivity contribution in [1.29, 1.82) is 0 Å². The van der Waals surface area contributed by atoms with E-state index in [4.69, 9.17) is 21.1 Å². The Bertz CT molecular complexity index is 941. The number of halogens is 1. The summed E-state index contributed by atoms with van der Waals surface area (Å²) in [6, 6.07) is 10.4. The van der Waals surface area contributed by atoms with Gasteiger partial charge in [-0.25, -0.2) is 13.2 Å². The van der Waals surface area contributed by atoms with Gasteiger partial charge in [-0.05, 0) is 49.4 Å². The Hall–Kier alpha value is -2.58. The number of nitrogens with one attached hydrogen (secondary N) is 1. The van der Waals surface area contributed by atoms with Gasteiger partial charge in [-0.1, -0.05) is 11.6 Å². The van der Waals surface area contributed by atoms with Crippen molar-refractivity contribution in [2.45, 2.75) is 11.8 Å². The number of carbonyl (C=O) groups is 2. The molecule has 0 saturated carbocycles. The maximum atomic E-state index is 12.1. The highest BCUT2D eigenvalue weighted by molar-refractivity contribution is 7.90. The second kappa shape index (κ2) is 8.88. The van der Waals surface area contributed by atoms with Crippen molar-refractivity contribution in [3.63, 3.8) is 0 Å². The third kappa shape index (κ3) is 5.97. The molecule has 0 atom stereocenters. The predicted molar refractivity (Wildman–Crippen MR) is 101 cm³/mol. The van der Waals surface area contributed by atoms with Crippen LogP contribution in [0.25, 0.3) is 0 Å². The molecular formula is C18H18ClNO6S. The maximum Gasteiger partial charge on any atom is 0.340 e. The molecule has 0 aliphatic heterocycles. The van der Waals surface area contributed by atoms with Crippen molar-refractivity contribution >= 4 is 39.0 Å². The molecule has 2 aromatic rings. The largest absolute Gasteiger partial charge is 0.494 e. The zero-order chi connectivity index (χ0) is 20.0. The van der Waals surface area contributed by atoms with Crippen molar-refractivity contribution in [1.82, 2.24) is 0 Å². The molecule has 0 unspecified atom stereocenters. The monoisotopic (exact) mass is 411 g/mol. The van der Waals surface area contributed by atoms with Crippen LogP contribution in [0, 0.1) is 0 Å². The van der Waals surface area contributed by atoms with Gasteiger partial charge in [-0.2, -0.15) is 0 Å². The molecule has 27 heavy (non-hydrogen) atoms. The van der Waals surface area contributed by atoms with Gasteiger partial charge >= 0.3 is 5.97 Å². The van der Waals surface area contributed by atoms with Crippen LogP contribution in [0.15, 0.2) is 47.4 Å². The van der Waals surface area contributed by atoms with Crippen LogP contribution in [0.1, 0.15) is 17.3 Å². The summed E-state index contributed by atoms with van der Waals surface area (Å²) in [5.41, 5.74) is 0.380. The quantitative estimate of drug-likeness (QED) is 0.703. The van der Waals surface area contributed by atoms with Gasteiger partial charge in [-0.3, -0.25) is 4.79 Å². The number of hydrogen-bond donors (Lipinski definition) is 1. The minimum Gasteiger partial charge on any atom is -0.494 e. The predicted octanol–water partition coefficient (Wildman–Crippen LogP) is 2.94. The van der Waals surface area contributed by atoms with Gasteiger partial charge in [0, 0.05) is 11.9 Å². The van der Waals surface area contributed by atoms with Gasteiger partial charge in [0.2, 0.25) is 0 Å². The first kappa shape index (κ1) is 20.7. The van der Waals surface area contributed by atoms with Crippen LogP contribution in [0.3, 0.4) is 0 Å². The Balaban J connectivity index is 1.98. The van der Waals surface area contributed by atoms with Crippen LogP contribution in [0.2, 0.25) is 5.02 Å². The second-order valence-electron chi connectivity index (χ2n) is 5.50. The van der Waals surface area contributed by atoms with E-state index in [9.17, 15) is 18.0 Å². The lowest BCUT2D eigenvalue weighted by Gasteiger charge is -2.09. The number of ether oxygens (including phenoxy) is 2. The molecule has 0 aliphatic carbocycles. The number of amides is 1. The summed E-state index contributed by atoms with van der Waals surface area (Å²) >= 11 is 5.92. The first-order valence-corrected chi connectivity index (χ1v) is 10.2. The molecule has 0 aromatic heterocycles. The lowest BCUT2D eigenvalue weighted by molar-refractivity contribution is -0.119. The fourth-order valence-corrected chi connectivity index (χ4v) is 2.94. The van der Waals surface area contributed by atoms with Gasteiger partial charge in [0.15, 0.2) is 16.4 Å². The molecule has 144 valence electrons. The Morgan fingerprint density at radius 1 is 1.11 bits per heavy atom. The molecule has 2 aromatic carbocycles. The SMILES string of the molecule is CCOc1ccc(NC(=O)COC(=O)c2cc(S(C)(=O)=O)ccc2Cl)cc1. The summed E-state index contributed by atoms with van der Waals surface area (Å²) in [6.07, 6.45) is 1.01. The number of sulfone groups is 1. The van der Waals surface area contributed by atoms with Gasteiger partial charge in [0.05, 0.1) is 22.1 Å². The normalized spacial score (nSPS) is 10.9. The zero-order valence-corrected chi connectivity index (χ0v) is 16.3. The standard InChI is InChI=1S/C18H18ClNO6S/c1-3-25-13-6-4-12(5-7-13)20-17(21)11-26-18(22)15-10-14(27(2,23)24)8-9-16(15)19/h4-10H,3,11H2,1-2H3,(H,20,21). The molecule has 0 heterocycles. The summed E-state index contributed by atoms with van der Waals surface area (Å²) in [4.78, 5) is 24.0. The van der Waals surface area contributed by atoms with Gasteiger partial charge in [0.1, 0.15) is 5.75 Å². The molecule has 1 N–H and O–H groups in total. The lowest BCUT2D eigenvalue weighted by Crippen LogP contribution is -2.21. The number of anilines is 1. The van der Waals surface area contributed by atoms with Crippen molar-refractivity contribution in [2.24, 2.45) is 0 Å². The highest BCUT2D eigenvalue weighted by Gasteiger charge is 2.17. The molecule has 2 rings (SSSR count). The molecule has 0 bridgehead atoms. The smallest absolute Gasteiger partial charge is 0.340 e. The van der Waals surface area contributed by atoms with Crippen molar-refractivity contribution in [2.75, 3.05) is 24.8 Å². The van der Waals surface area contributed by atoms with Gasteiger partial charge in [0.25, 0.3) is 5.91 Å². The molecule has 9 heteroatoms. The zero-order valence-electron chi connectivity index (χ0n) is 14.7. The Labute approximate surface area is 162 Å². The summed E-state index contributed by atoms with van der Waals surface area (Å²) in [5, 5.41) is 2.59. The molecule has 0 fully saturated rings. The highest BCUT2D eigenvalue weighted by atomic mass is 35.5. The molecule has 0 radical (unpaired) electrons. The van der Waals surface area contributed by atoms with Crippen molar-refractivity contribution < 1.29 is 27.5 Å². The summed E-state index contributed by atoms with van der Waals surface area (Å²) in [7, 11) is -3.51. The average Bonchev–Trinajstić information content (AvgIpc) is 2.61. The number of hydrogen-bond acceptors (Lipinski definition) is 6. The number of benzene rings is 2. The van der Waals surface area contributed by atoms with Crippen molar-refractivity contribution in [3.8, 4) is 5.75 Å². The summed E-state index contributed by atoms with van der Waals surface area (Å²) in [5.74, 6) is -0.780. The second-order valence-corrected chi connectivity index (χ2v) is 7.92. The van der Waals surface area contributed by atoms with E-state index < -0.39 is 28.3 Å². The van der Waals surface area contributed by atoms with E-state index in [1.807, 2.05) is 6.92 Å². The first-order chi connectivity index (χ1) is 12.7. The highest BCUT2D eigenvalue weighted by Crippen LogP contribution is 2.21. The van der Waals surface area contributed by atoms with E-state index in [0.717, 1.165) is 12.3 Å². The fraction of sp³-hybridized carbons (Fsp3) is 0.222. The van der Waals surface area contributed by atoms with Crippen LogP contribution in [-0.4, -0.2) is 39.8 Å². The van der Waals surface area contributed by atoms with Crippen LogP contribution in [0.4, 0.5) is 5.69 Å². The lowest BCUT2D eigenvalue weighted by atomic mass is 10.2. The van der Waals surface area contributed by atoms with E-state index in [1.54, 1.807) is 24.3 Å². The third-order valence-corrected chi connectivity index (χ3v) is 4.81. The average molecular weight is 412 g/mol. The fourth-order valence-electron chi connectivity index (χ4n) is 2.10. The molecule has 0 spiro atoms. The van der Waals surface area contributed by atoms with Crippen molar-refractivity contribution in [3.05, 3.63) is 53.1 Å². The summed E-state index contributed by atoms with van der Waals surface area (Å²) < 4.78 is 33.4. The minimum atomic E-state index is -3.51. The first-order valence-electron chi connectivity index (χ1n) is 7.90. The number of esters is 1. The topological polar surface area (TPSA) is 98.8 Å². The number of carbonyl (C=O) groups excluding carboxylic acids is 2. The Kier molecular flexibility index (Phi) is 6.81. The summed E-state index contributed by atoms with van der Waals surface area (Å²) in [6.45, 7) is 1.85. The van der Waals surface area contributed by atoms with Crippen LogP contribution in [-0.2, 0) is 19.4 Å². The van der Waals surface area contributed by atoms with E-state index in [-0.39, 0.29) is 15.5 Å². The van der Waals surface area contributed by atoms with Gasteiger partial charge < -0.3 is 14.8 Å². The molecule has 1 amide bonds. The molecule has 0 aliphatic rings. The van der Waals surface area contributed by atoms with Gasteiger partial charge in [-0.15, -0.1) is 0 Å². The third-order valence-electron chi connectivity index (χ3n) is 3.37.